The second kappa shape index (κ2) is 8.70. The van der Waals surface area contributed by atoms with Crippen molar-refractivity contribution in [3.63, 3.8) is 0 Å². The third kappa shape index (κ3) is 5.36. The van der Waals surface area contributed by atoms with Crippen LogP contribution in [0, 0.1) is 0 Å². The topological polar surface area (TPSA) is 41.4 Å². The number of aromatic nitrogens is 2. The Balaban J connectivity index is 2.13. The molecule has 2 aromatic rings. The molecule has 0 aliphatic carbocycles. The van der Waals surface area contributed by atoms with Crippen molar-refractivity contribution in [3.05, 3.63) is 40.6 Å². The molecule has 0 N–H and O–H groups in total. The molecule has 0 saturated heterocycles. The van der Waals surface area contributed by atoms with E-state index in [0.29, 0.717) is 28.2 Å². The molecule has 0 radical (unpaired) electrons. The first-order valence-corrected chi connectivity index (χ1v) is 9.21. The maximum absolute atomic E-state index is 6.27. The van der Waals surface area contributed by atoms with Gasteiger partial charge in [0.1, 0.15) is 5.15 Å². The standard InChI is InChI=1S/C17H20Cl2N4S/c1-11(2)23(12(3)4)10-21-17-20-9-15(16(19)22-17)24-14-7-5-13(18)6-8-14/h5-12H,1-4H3/b21-10+. The molecule has 0 bridgehead atoms. The maximum Gasteiger partial charge on any atom is 0.252 e. The highest BCUT2D eigenvalue weighted by Crippen LogP contribution is 2.33. The van der Waals surface area contributed by atoms with Crippen LogP contribution in [0.15, 0.2) is 45.2 Å². The lowest BCUT2D eigenvalue weighted by Gasteiger charge is -2.27. The summed E-state index contributed by atoms with van der Waals surface area (Å²) in [5.74, 6) is 0.353. The van der Waals surface area contributed by atoms with Crippen molar-refractivity contribution in [3.8, 4) is 0 Å². The summed E-state index contributed by atoms with van der Waals surface area (Å²) in [6.45, 7) is 8.47. The highest BCUT2D eigenvalue weighted by atomic mass is 35.5. The van der Waals surface area contributed by atoms with Crippen LogP contribution in [0.3, 0.4) is 0 Å². The van der Waals surface area contributed by atoms with Crippen LogP contribution in [-0.2, 0) is 0 Å². The first kappa shape index (κ1) is 19.0. The minimum absolute atomic E-state index is 0.351. The molecule has 0 atom stereocenters. The van der Waals surface area contributed by atoms with E-state index in [9.17, 15) is 0 Å². The second-order valence-electron chi connectivity index (χ2n) is 5.76. The predicted molar refractivity (Wildman–Crippen MR) is 103 cm³/mol. The SMILES string of the molecule is CC(C)N(/C=N/c1ncc(Sc2ccc(Cl)cc2)c(Cl)n1)C(C)C. The van der Waals surface area contributed by atoms with Crippen molar-refractivity contribution in [2.24, 2.45) is 4.99 Å². The van der Waals surface area contributed by atoms with Crippen LogP contribution in [0.25, 0.3) is 0 Å². The fraction of sp³-hybridized carbons (Fsp3) is 0.353. The van der Waals surface area contributed by atoms with Gasteiger partial charge in [-0.05, 0) is 52.0 Å². The normalized spacial score (nSPS) is 11.7. The van der Waals surface area contributed by atoms with E-state index >= 15 is 0 Å². The number of rotatable bonds is 6. The molecular formula is C17H20Cl2N4S. The van der Waals surface area contributed by atoms with Gasteiger partial charge in [0, 0.05) is 28.2 Å². The van der Waals surface area contributed by atoms with Crippen LogP contribution in [0.2, 0.25) is 10.2 Å². The summed E-state index contributed by atoms with van der Waals surface area (Å²) in [5, 5.41) is 1.09. The lowest BCUT2D eigenvalue weighted by Crippen LogP contribution is -2.35. The molecule has 0 spiro atoms. The van der Waals surface area contributed by atoms with Crippen molar-refractivity contribution in [1.82, 2.24) is 14.9 Å². The molecule has 0 aliphatic heterocycles. The van der Waals surface area contributed by atoms with E-state index in [1.807, 2.05) is 24.3 Å². The Labute approximate surface area is 157 Å². The molecule has 2 rings (SSSR count). The molecule has 24 heavy (non-hydrogen) atoms. The van der Waals surface area contributed by atoms with Gasteiger partial charge in [0.05, 0.1) is 11.2 Å². The summed E-state index contributed by atoms with van der Waals surface area (Å²) in [6, 6.07) is 8.23. The van der Waals surface area contributed by atoms with Crippen molar-refractivity contribution >= 4 is 47.3 Å². The van der Waals surface area contributed by atoms with Gasteiger partial charge in [-0.25, -0.2) is 9.98 Å². The molecule has 1 heterocycles. The first-order valence-electron chi connectivity index (χ1n) is 7.64. The number of hydrogen-bond acceptors (Lipinski definition) is 4. The van der Waals surface area contributed by atoms with Gasteiger partial charge in [0.25, 0.3) is 5.95 Å². The zero-order valence-electron chi connectivity index (χ0n) is 14.1. The summed E-state index contributed by atoms with van der Waals surface area (Å²) in [7, 11) is 0. The Morgan fingerprint density at radius 2 is 1.71 bits per heavy atom. The monoisotopic (exact) mass is 382 g/mol. The average molecular weight is 383 g/mol. The molecule has 4 nitrogen and oxygen atoms in total. The zero-order valence-corrected chi connectivity index (χ0v) is 16.4. The van der Waals surface area contributed by atoms with Gasteiger partial charge in [0.15, 0.2) is 0 Å². The molecule has 0 unspecified atom stereocenters. The number of aliphatic imine (C=N–C) groups is 1. The summed E-state index contributed by atoms with van der Waals surface area (Å²) in [4.78, 5) is 16.8. The Morgan fingerprint density at radius 3 is 2.25 bits per heavy atom. The smallest absolute Gasteiger partial charge is 0.252 e. The van der Waals surface area contributed by atoms with E-state index < -0.39 is 0 Å². The van der Waals surface area contributed by atoms with E-state index in [1.165, 1.54) is 11.8 Å². The van der Waals surface area contributed by atoms with Gasteiger partial charge in [-0.1, -0.05) is 35.0 Å². The second-order valence-corrected chi connectivity index (χ2v) is 7.67. The van der Waals surface area contributed by atoms with E-state index in [4.69, 9.17) is 23.2 Å². The van der Waals surface area contributed by atoms with E-state index in [-0.39, 0.29) is 0 Å². The van der Waals surface area contributed by atoms with Crippen molar-refractivity contribution < 1.29 is 0 Å². The quantitative estimate of drug-likeness (QED) is 0.364. The summed E-state index contributed by atoms with van der Waals surface area (Å²) >= 11 is 13.6. The van der Waals surface area contributed by atoms with E-state index in [2.05, 4.69) is 47.6 Å². The fourth-order valence-electron chi connectivity index (χ4n) is 2.08. The third-order valence-electron chi connectivity index (χ3n) is 3.24. The van der Waals surface area contributed by atoms with Crippen molar-refractivity contribution in [1.29, 1.82) is 0 Å². The molecular weight excluding hydrogens is 363 g/mol. The largest absolute Gasteiger partial charge is 0.358 e. The molecule has 0 fully saturated rings. The number of halogens is 2. The maximum atomic E-state index is 6.27. The van der Waals surface area contributed by atoms with Gasteiger partial charge in [0.2, 0.25) is 0 Å². The van der Waals surface area contributed by atoms with Gasteiger partial charge < -0.3 is 4.90 Å². The Kier molecular flexibility index (Phi) is 6.90. The molecule has 0 aliphatic rings. The average Bonchev–Trinajstić information content (AvgIpc) is 2.51. The van der Waals surface area contributed by atoms with Crippen LogP contribution in [-0.4, -0.2) is 33.3 Å². The minimum atomic E-state index is 0.351. The van der Waals surface area contributed by atoms with Crippen LogP contribution in [0.1, 0.15) is 27.7 Å². The molecule has 1 aromatic carbocycles. The number of hydrogen-bond donors (Lipinski definition) is 0. The predicted octanol–water partition coefficient (Wildman–Crippen LogP) is 5.71. The zero-order chi connectivity index (χ0) is 17.7. The summed E-state index contributed by atoms with van der Waals surface area (Å²) in [6.07, 6.45) is 3.46. The lowest BCUT2D eigenvalue weighted by molar-refractivity contribution is 0.301. The van der Waals surface area contributed by atoms with Crippen LogP contribution in [0.5, 0.6) is 0 Å². The number of benzene rings is 1. The Morgan fingerprint density at radius 1 is 1.08 bits per heavy atom. The van der Waals surface area contributed by atoms with Gasteiger partial charge in [-0.15, -0.1) is 0 Å². The molecule has 7 heteroatoms. The van der Waals surface area contributed by atoms with Crippen molar-refractivity contribution in [2.75, 3.05) is 0 Å². The lowest BCUT2D eigenvalue weighted by atomic mass is 10.2. The van der Waals surface area contributed by atoms with Crippen LogP contribution >= 0.6 is 35.0 Å². The minimum Gasteiger partial charge on any atom is -0.358 e. The van der Waals surface area contributed by atoms with Gasteiger partial charge in [-0.3, -0.25) is 0 Å². The van der Waals surface area contributed by atoms with Crippen LogP contribution in [0.4, 0.5) is 5.95 Å². The Hall–Kier alpha value is -1.30. The summed E-state index contributed by atoms with van der Waals surface area (Å²) < 4.78 is 0. The van der Waals surface area contributed by atoms with E-state index in [0.717, 1.165) is 9.79 Å². The number of nitrogens with zero attached hydrogens (tertiary/aromatic N) is 4. The van der Waals surface area contributed by atoms with Crippen molar-refractivity contribution in [2.45, 2.75) is 49.6 Å². The molecule has 0 saturated carbocycles. The Bertz CT molecular complexity index is 694. The van der Waals surface area contributed by atoms with Gasteiger partial charge >= 0.3 is 0 Å². The molecule has 128 valence electrons. The highest BCUT2D eigenvalue weighted by molar-refractivity contribution is 7.99. The molecule has 1 aromatic heterocycles. The summed E-state index contributed by atoms with van der Waals surface area (Å²) in [5.41, 5.74) is 0. The highest BCUT2D eigenvalue weighted by Gasteiger charge is 2.10. The fourth-order valence-corrected chi connectivity index (χ4v) is 3.21. The van der Waals surface area contributed by atoms with E-state index in [1.54, 1.807) is 12.5 Å². The van der Waals surface area contributed by atoms with Gasteiger partial charge in [-0.2, -0.15) is 4.98 Å². The molecule has 0 amide bonds. The first-order chi connectivity index (χ1) is 11.4. The third-order valence-corrected chi connectivity index (χ3v) is 4.92. The van der Waals surface area contributed by atoms with Crippen LogP contribution < -0.4 is 0 Å².